The molecule has 1 atom stereocenters. The normalized spacial score (nSPS) is 22.2. The zero-order valence-electron chi connectivity index (χ0n) is 14.8. The van der Waals surface area contributed by atoms with Crippen LogP contribution < -0.4 is 0 Å². The van der Waals surface area contributed by atoms with Crippen molar-refractivity contribution in [3.05, 3.63) is 33.8 Å². The van der Waals surface area contributed by atoms with E-state index in [9.17, 15) is 4.79 Å². The van der Waals surface area contributed by atoms with Crippen molar-refractivity contribution in [1.82, 2.24) is 9.80 Å². The quantitative estimate of drug-likeness (QED) is 0.708. The Labute approximate surface area is 153 Å². The maximum Gasteiger partial charge on any atom is 0.410 e. The highest BCUT2D eigenvalue weighted by Gasteiger charge is 2.31. The Hall–Kier alpha value is -1.07. The lowest BCUT2D eigenvalue weighted by Gasteiger charge is -2.41. The Kier molecular flexibility index (Phi) is 5.21. The van der Waals surface area contributed by atoms with Crippen LogP contribution in [-0.2, 0) is 11.2 Å². The lowest BCUT2D eigenvalue weighted by Crippen LogP contribution is -2.51. The van der Waals surface area contributed by atoms with Crippen LogP contribution in [0.2, 0.25) is 0 Å². The van der Waals surface area contributed by atoms with Crippen LogP contribution in [0.15, 0.2) is 22.7 Å². The molecule has 5 heteroatoms. The second kappa shape index (κ2) is 7.04. The van der Waals surface area contributed by atoms with E-state index in [-0.39, 0.29) is 6.09 Å². The number of rotatable bonds is 1. The van der Waals surface area contributed by atoms with Gasteiger partial charge in [0.15, 0.2) is 0 Å². The summed E-state index contributed by atoms with van der Waals surface area (Å²) in [6.07, 6.45) is 3.43. The van der Waals surface area contributed by atoms with Crippen molar-refractivity contribution in [3.8, 4) is 0 Å². The zero-order chi connectivity index (χ0) is 17.3. The van der Waals surface area contributed by atoms with Crippen LogP contribution in [0.25, 0.3) is 0 Å². The molecule has 1 aromatic rings. The number of hydrogen-bond donors (Lipinski definition) is 0. The number of fused-ring (bicyclic) bond motifs is 1. The minimum absolute atomic E-state index is 0.185. The van der Waals surface area contributed by atoms with E-state index in [1.54, 1.807) is 0 Å². The molecule has 1 aromatic carbocycles. The van der Waals surface area contributed by atoms with Gasteiger partial charge in [-0.25, -0.2) is 4.79 Å². The first kappa shape index (κ1) is 17.7. The topological polar surface area (TPSA) is 32.8 Å². The van der Waals surface area contributed by atoms with Gasteiger partial charge in [-0.1, -0.05) is 22.0 Å². The Morgan fingerprint density at radius 2 is 1.92 bits per heavy atom. The number of halogens is 1. The van der Waals surface area contributed by atoms with Gasteiger partial charge < -0.3 is 9.64 Å². The third-order valence-corrected chi connectivity index (χ3v) is 5.29. The molecule has 0 saturated carbocycles. The van der Waals surface area contributed by atoms with Crippen LogP contribution in [0.4, 0.5) is 4.79 Å². The van der Waals surface area contributed by atoms with Gasteiger partial charge in [0.1, 0.15) is 5.60 Å². The van der Waals surface area contributed by atoms with Crippen molar-refractivity contribution in [1.29, 1.82) is 0 Å². The first-order valence-corrected chi connectivity index (χ1v) is 9.63. The maximum absolute atomic E-state index is 12.2. The van der Waals surface area contributed by atoms with E-state index in [2.05, 4.69) is 39.0 Å². The van der Waals surface area contributed by atoms with E-state index in [4.69, 9.17) is 4.74 Å². The van der Waals surface area contributed by atoms with Crippen LogP contribution >= 0.6 is 15.9 Å². The predicted molar refractivity (Wildman–Crippen MR) is 99.2 cm³/mol. The molecular formula is C19H27BrN2O2. The lowest BCUT2D eigenvalue weighted by molar-refractivity contribution is 0.00927. The van der Waals surface area contributed by atoms with Gasteiger partial charge in [0.25, 0.3) is 0 Å². The fourth-order valence-electron chi connectivity index (χ4n) is 3.68. The van der Waals surface area contributed by atoms with Gasteiger partial charge in [-0.3, -0.25) is 4.90 Å². The molecule has 0 spiro atoms. The van der Waals surface area contributed by atoms with Crippen LogP contribution in [0.3, 0.4) is 0 Å². The summed E-state index contributed by atoms with van der Waals surface area (Å²) in [7, 11) is 0. The van der Waals surface area contributed by atoms with E-state index in [0.717, 1.165) is 30.7 Å². The Morgan fingerprint density at radius 3 is 2.58 bits per heavy atom. The molecule has 0 bridgehead atoms. The van der Waals surface area contributed by atoms with E-state index in [0.29, 0.717) is 6.04 Å². The average Bonchev–Trinajstić information content (AvgIpc) is 2.52. The van der Waals surface area contributed by atoms with Gasteiger partial charge in [0, 0.05) is 36.7 Å². The SMILES string of the molecule is CC(C)(C)OC(=O)N1CCN(C2CCCc3cc(Br)ccc32)CC1. The number of hydrogen-bond acceptors (Lipinski definition) is 3. The van der Waals surface area contributed by atoms with Gasteiger partial charge in [-0.05, 0) is 63.3 Å². The number of amides is 1. The van der Waals surface area contributed by atoms with Gasteiger partial charge in [0.05, 0.1) is 0 Å². The zero-order valence-corrected chi connectivity index (χ0v) is 16.4. The van der Waals surface area contributed by atoms with Crippen molar-refractivity contribution in [2.75, 3.05) is 26.2 Å². The van der Waals surface area contributed by atoms with Crippen molar-refractivity contribution in [2.24, 2.45) is 0 Å². The molecule has 1 unspecified atom stereocenters. The van der Waals surface area contributed by atoms with Crippen LogP contribution in [0.1, 0.15) is 50.8 Å². The van der Waals surface area contributed by atoms with Crippen molar-refractivity contribution in [2.45, 2.75) is 51.7 Å². The molecular weight excluding hydrogens is 368 g/mol. The summed E-state index contributed by atoms with van der Waals surface area (Å²) in [5, 5.41) is 0. The van der Waals surface area contributed by atoms with Gasteiger partial charge in [-0.2, -0.15) is 0 Å². The molecule has 0 aromatic heterocycles. The number of carbonyl (C=O) groups excluding carboxylic acids is 1. The Balaban J connectivity index is 1.63. The highest BCUT2D eigenvalue weighted by atomic mass is 79.9. The predicted octanol–water partition coefficient (Wildman–Crippen LogP) is 4.38. The Morgan fingerprint density at radius 1 is 1.21 bits per heavy atom. The van der Waals surface area contributed by atoms with Gasteiger partial charge in [-0.15, -0.1) is 0 Å². The van der Waals surface area contributed by atoms with Gasteiger partial charge in [0.2, 0.25) is 0 Å². The first-order chi connectivity index (χ1) is 11.3. The second-order valence-corrected chi connectivity index (χ2v) is 8.67. The molecule has 1 aliphatic heterocycles. The van der Waals surface area contributed by atoms with Crippen LogP contribution in [0.5, 0.6) is 0 Å². The molecule has 132 valence electrons. The summed E-state index contributed by atoms with van der Waals surface area (Å²) < 4.78 is 6.65. The molecule has 1 saturated heterocycles. The average molecular weight is 395 g/mol. The molecule has 1 aliphatic carbocycles. The summed E-state index contributed by atoms with van der Waals surface area (Å²) in [5.41, 5.74) is 2.51. The fourth-order valence-corrected chi connectivity index (χ4v) is 4.09. The molecule has 0 N–H and O–H groups in total. The number of piperazine rings is 1. The van der Waals surface area contributed by atoms with Crippen molar-refractivity contribution in [3.63, 3.8) is 0 Å². The molecule has 2 aliphatic rings. The third kappa shape index (κ3) is 4.12. The number of ether oxygens (including phenoxy) is 1. The number of aryl methyl sites for hydroxylation is 1. The number of nitrogens with zero attached hydrogens (tertiary/aromatic N) is 2. The minimum atomic E-state index is -0.427. The van der Waals surface area contributed by atoms with Crippen molar-refractivity contribution < 1.29 is 9.53 Å². The highest BCUT2D eigenvalue weighted by Crippen LogP contribution is 2.36. The summed E-state index contributed by atoms with van der Waals surface area (Å²) in [6, 6.07) is 7.17. The molecule has 1 amide bonds. The largest absolute Gasteiger partial charge is 0.444 e. The number of carbonyl (C=O) groups is 1. The molecule has 1 heterocycles. The highest BCUT2D eigenvalue weighted by molar-refractivity contribution is 9.10. The van der Waals surface area contributed by atoms with E-state index >= 15 is 0 Å². The molecule has 3 rings (SSSR count). The number of benzene rings is 1. The van der Waals surface area contributed by atoms with Crippen molar-refractivity contribution >= 4 is 22.0 Å². The lowest BCUT2D eigenvalue weighted by atomic mass is 9.86. The summed E-state index contributed by atoms with van der Waals surface area (Å²) in [5.74, 6) is 0. The third-order valence-electron chi connectivity index (χ3n) is 4.79. The van der Waals surface area contributed by atoms with E-state index < -0.39 is 5.60 Å². The van der Waals surface area contributed by atoms with E-state index in [1.807, 2.05) is 25.7 Å². The monoisotopic (exact) mass is 394 g/mol. The van der Waals surface area contributed by atoms with Crippen LogP contribution in [-0.4, -0.2) is 47.7 Å². The molecule has 0 radical (unpaired) electrons. The molecule has 1 fully saturated rings. The van der Waals surface area contributed by atoms with Crippen LogP contribution in [0, 0.1) is 0 Å². The molecule has 24 heavy (non-hydrogen) atoms. The van der Waals surface area contributed by atoms with Gasteiger partial charge >= 0.3 is 6.09 Å². The fraction of sp³-hybridized carbons (Fsp3) is 0.632. The maximum atomic E-state index is 12.2. The minimum Gasteiger partial charge on any atom is -0.444 e. The molecule has 4 nitrogen and oxygen atoms in total. The Bertz CT molecular complexity index is 604. The van der Waals surface area contributed by atoms with E-state index in [1.165, 1.54) is 30.4 Å². The second-order valence-electron chi connectivity index (χ2n) is 7.75. The summed E-state index contributed by atoms with van der Waals surface area (Å²) in [4.78, 5) is 16.6. The first-order valence-electron chi connectivity index (χ1n) is 8.84. The standard InChI is InChI=1S/C19H27BrN2O2/c1-19(2,3)24-18(23)22-11-9-21(10-12-22)17-6-4-5-14-13-15(20)7-8-16(14)17/h7-8,13,17H,4-6,9-12H2,1-3H3. The smallest absolute Gasteiger partial charge is 0.410 e. The summed E-state index contributed by atoms with van der Waals surface area (Å²) >= 11 is 3.58. The summed E-state index contributed by atoms with van der Waals surface area (Å²) in [6.45, 7) is 9.07.